The summed E-state index contributed by atoms with van der Waals surface area (Å²) >= 11 is 0. The SMILES string of the molecule is CC[C@H](CNC(=O)CCc1ccc(C(=O)O)cc1)Oc1ccccc1. The normalized spacial score (nSPS) is 11.6. The molecule has 0 bridgehead atoms. The number of rotatable bonds is 9. The van der Waals surface area contributed by atoms with Gasteiger partial charge >= 0.3 is 5.97 Å². The number of aromatic carboxylic acids is 1. The molecule has 0 saturated heterocycles. The maximum atomic E-state index is 12.0. The highest BCUT2D eigenvalue weighted by Gasteiger charge is 2.10. The van der Waals surface area contributed by atoms with Crippen LogP contribution in [0, 0.1) is 0 Å². The Morgan fingerprint density at radius 3 is 2.36 bits per heavy atom. The highest BCUT2D eigenvalue weighted by Crippen LogP contribution is 2.12. The number of nitrogens with one attached hydrogen (secondary N) is 1. The number of aryl methyl sites for hydroxylation is 1. The van der Waals surface area contributed by atoms with Gasteiger partial charge < -0.3 is 15.2 Å². The molecule has 0 heterocycles. The van der Waals surface area contributed by atoms with Gasteiger partial charge in [-0.25, -0.2) is 4.79 Å². The number of benzene rings is 2. The van der Waals surface area contributed by atoms with E-state index in [1.165, 1.54) is 0 Å². The monoisotopic (exact) mass is 341 g/mol. The molecule has 2 aromatic carbocycles. The first-order valence-corrected chi connectivity index (χ1v) is 8.39. The Morgan fingerprint density at radius 2 is 1.76 bits per heavy atom. The molecule has 2 rings (SSSR count). The summed E-state index contributed by atoms with van der Waals surface area (Å²) in [5.74, 6) is -0.201. The van der Waals surface area contributed by atoms with Crippen LogP contribution < -0.4 is 10.1 Å². The van der Waals surface area contributed by atoms with E-state index >= 15 is 0 Å². The fourth-order valence-electron chi connectivity index (χ4n) is 2.35. The predicted octanol–water partition coefficient (Wildman–Crippen LogP) is 3.29. The van der Waals surface area contributed by atoms with Crippen LogP contribution >= 0.6 is 0 Å². The Morgan fingerprint density at radius 1 is 1.08 bits per heavy atom. The molecule has 0 fully saturated rings. The van der Waals surface area contributed by atoms with E-state index < -0.39 is 5.97 Å². The molecule has 0 unspecified atom stereocenters. The van der Waals surface area contributed by atoms with E-state index in [9.17, 15) is 9.59 Å². The van der Waals surface area contributed by atoms with Crippen molar-refractivity contribution in [3.63, 3.8) is 0 Å². The first-order valence-electron chi connectivity index (χ1n) is 8.39. The summed E-state index contributed by atoms with van der Waals surface area (Å²) in [6, 6.07) is 16.1. The smallest absolute Gasteiger partial charge is 0.335 e. The molecule has 0 spiro atoms. The Bertz CT molecular complexity index is 683. The number of carbonyl (C=O) groups is 2. The van der Waals surface area contributed by atoms with Gasteiger partial charge in [-0.3, -0.25) is 4.79 Å². The lowest BCUT2D eigenvalue weighted by Gasteiger charge is -2.18. The molecule has 25 heavy (non-hydrogen) atoms. The second kappa shape index (κ2) is 9.47. The Labute approximate surface area is 147 Å². The number of carboxylic acids is 1. The maximum absolute atomic E-state index is 12.0. The number of amides is 1. The van der Waals surface area contributed by atoms with Crippen LogP contribution in [0.25, 0.3) is 0 Å². The Hall–Kier alpha value is -2.82. The van der Waals surface area contributed by atoms with Crippen LogP contribution in [0.5, 0.6) is 5.75 Å². The lowest BCUT2D eigenvalue weighted by molar-refractivity contribution is -0.121. The molecule has 0 saturated carbocycles. The first-order chi connectivity index (χ1) is 12.1. The summed E-state index contributed by atoms with van der Waals surface area (Å²) in [5.41, 5.74) is 1.18. The highest BCUT2D eigenvalue weighted by molar-refractivity contribution is 5.87. The zero-order valence-electron chi connectivity index (χ0n) is 14.3. The van der Waals surface area contributed by atoms with Crippen LogP contribution in [-0.4, -0.2) is 29.6 Å². The third-order valence-corrected chi connectivity index (χ3v) is 3.87. The molecule has 1 amide bonds. The van der Waals surface area contributed by atoms with Crippen molar-refractivity contribution in [1.29, 1.82) is 0 Å². The molecule has 0 aliphatic rings. The van der Waals surface area contributed by atoms with Crippen molar-refractivity contribution < 1.29 is 19.4 Å². The molecule has 1 atom stereocenters. The quantitative estimate of drug-likeness (QED) is 0.734. The average Bonchev–Trinajstić information content (AvgIpc) is 2.64. The number of ether oxygens (including phenoxy) is 1. The van der Waals surface area contributed by atoms with Crippen molar-refractivity contribution in [2.24, 2.45) is 0 Å². The summed E-state index contributed by atoms with van der Waals surface area (Å²) in [6.07, 6.45) is 1.66. The molecule has 132 valence electrons. The van der Waals surface area contributed by atoms with Gasteiger partial charge in [0, 0.05) is 6.42 Å². The van der Waals surface area contributed by atoms with Crippen molar-refractivity contribution in [1.82, 2.24) is 5.32 Å². The molecule has 5 nitrogen and oxygen atoms in total. The van der Waals surface area contributed by atoms with Gasteiger partial charge in [-0.1, -0.05) is 37.3 Å². The molecular formula is C20H23NO4. The maximum Gasteiger partial charge on any atom is 0.335 e. The first kappa shape index (κ1) is 18.5. The van der Waals surface area contributed by atoms with Gasteiger partial charge in [-0.05, 0) is 42.7 Å². The Balaban J connectivity index is 1.74. The van der Waals surface area contributed by atoms with Gasteiger partial charge in [-0.15, -0.1) is 0 Å². The van der Waals surface area contributed by atoms with Crippen molar-refractivity contribution in [3.8, 4) is 5.75 Å². The molecule has 5 heteroatoms. The van der Waals surface area contributed by atoms with E-state index in [0.29, 0.717) is 19.4 Å². The van der Waals surface area contributed by atoms with Crippen LogP contribution in [0.3, 0.4) is 0 Å². The molecular weight excluding hydrogens is 318 g/mol. The van der Waals surface area contributed by atoms with E-state index in [1.807, 2.05) is 37.3 Å². The lowest BCUT2D eigenvalue weighted by atomic mass is 10.1. The third-order valence-electron chi connectivity index (χ3n) is 3.87. The van der Waals surface area contributed by atoms with E-state index in [0.717, 1.165) is 17.7 Å². The van der Waals surface area contributed by atoms with Crippen LogP contribution in [0.15, 0.2) is 54.6 Å². The number of para-hydroxylation sites is 1. The van der Waals surface area contributed by atoms with Gasteiger partial charge in [0.25, 0.3) is 0 Å². The fraction of sp³-hybridized carbons (Fsp3) is 0.300. The summed E-state index contributed by atoms with van der Waals surface area (Å²) in [7, 11) is 0. The Kier molecular flexibility index (Phi) is 7.01. The predicted molar refractivity (Wildman–Crippen MR) is 95.9 cm³/mol. The van der Waals surface area contributed by atoms with Gasteiger partial charge in [-0.2, -0.15) is 0 Å². The van der Waals surface area contributed by atoms with Crippen molar-refractivity contribution in [3.05, 3.63) is 65.7 Å². The summed E-state index contributed by atoms with van der Waals surface area (Å²) < 4.78 is 5.84. The van der Waals surface area contributed by atoms with Crippen LogP contribution in [0.1, 0.15) is 35.7 Å². The highest BCUT2D eigenvalue weighted by atomic mass is 16.5. The van der Waals surface area contributed by atoms with Crippen molar-refractivity contribution in [2.75, 3.05) is 6.54 Å². The van der Waals surface area contributed by atoms with E-state index in [1.54, 1.807) is 24.3 Å². The van der Waals surface area contributed by atoms with Gasteiger partial charge in [0.15, 0.2) is 0 Å². The minimum absolute atomic E-state index is 0.0441. The lowest BCUT2D eigenvalue weighted by Crippen LogP contribution is -2.35. The fourth-order valence-corrected chi connectivity index (χ4v) is 2.35. The minimum Gasteiger partial charge on any atom is -0.489 e. The molecule has 0 aromatic heterocycles. The molecule has 0 radical (unpaired) electrons. The van der Waals surface area contributed by atoms with Gasteiger partial charge in [0.2, 0.25) is 5.91 Å². The summed E-state index contributed by atoms with van der Waals surface area (Å²) in [4.78, 5) is 22.8. The van der Waals surface area contributed by atoms with Gasteiger partial charge in [0.05, 0.1) is 12.1 Å². The standard InChI is InChI=1S/C20H23NO4/c1-2-17(25-18-6-4-3-5-7-18)14-21-19(22)13-10-15-8-11-16(12-9-15)20(23)24/h3-9,11-12,17H,2,10,13-14H2,1H3,(H,21,22)(H,23,24)/t17-/m1/s1. The molecule has 0 aliphatic heterocycles. The van der Waals surface area contributed by atoms with Crippen LogP contribution in [-0.2, 0) is 11.2 Å². The molecule has 2 aromatic rings. The zero-order chi connectivity index (χ0) is 18.1. The van der Waals surface area contributed by atoms with E-state index in [-0.39, 0.29) is 17.6 Å². The number of hydrogen-bond donors (Lipinski definition) is 2. The summed E-state index contributed by atoms with van der Waals surface area (Å²) in [5, 5.41) is 11.8. The number of carbonyl (C=O) groups excluding carboxylic acids is 1. The third kappa shape index (κ3) is 6.30. The second-order valence-electron chi connectivity index (χ2n) is 5.77. The average molecular weight is 341 g/mol. The van der Waals surface area contributed by atoms with Gasteiger partial charge in [0.1, 0.15) is 11.9 Å². The second-order valence-corrected chi connectivity index (χ2v) is 5.77. The van der Waals surface area contributed by atoms with Crippen molar-refractivity contribution >= 4 is 11.9 Å². The van der Waals surface area contributed by atoms with Crippen molar-refractivity contribution in [2.45, 2.75) is 32.3 Å². The zero-order valence-corrected chi connectivity index (χ0v) is 14.3. The van der Waals surface area contributed by atoms with Crippen LogP contribution in [0.4, 0.5) is 0 Å². The number of hydrogen-bond acceptors (Lipinski definition) is 3. The molecule has 0 aliphatic carbocycles. The summed E-state index contributed by atoms with van der Waals surface area (Å²) in [6.45, 7) is 2.48. The van der Waals surface area contributed by atoms with Crippen LogP contribution in [0.2, 0.25) is 0 Å². The molecule has 2 N–H and O–H groups in total. The largest absolute Gasteiger partial charge is 0.489 e. The number of carboxylic acid groups (broad SMARTS) is 1. The van der Waals surface area contributed by atoms with E-state index in [2.05, 4.69) is 5.32 Å². The topological polar surface area (TPSA) is 75.6 Å². The van der Waals surface area contributed by atoms with E-state index in [4.69, 9.17) is 9.84 Å². The minimum atomic E-state index is -0.951.